The summed E-state index contributed by atoms with van der Waals surface area (Å²) in [6.07, 6.45) is 6.50. The van der Waals surface area contributed by atoms with Gasteiger partial charge in [-0.05, 0) is 19.8 Å². The van der Waals surface area contributed by atoms with Gasteiger partial charge in [0.1, 0.15) is 0 Å². The van der Waals surface area contributed by atoms with Crippen molar-refractivity contribution in [2.75, 3.05) is 0 Å². The van der Waals surface area contributed by atoms with E-state index in [1.54, 1.807) is 18.3 Å². The third kappa shape index (κ3) is 2.28. The van der Waals surface area contributed by atoms with Crippen molar-refractivity contribution < 1.29 is 4.79 Å². The number of thiazole rings is 1. The van der Waals surface area contributed by atoms with Crippen molar-refractivity contribution in [3.05, 3.63) is 15.6 Å². The van der Waals surface area contributed by atoms with Crippen molar-refractivity contribution in [2.24, 2.45) is 0 Å². The molecule has 1 aromatic heterocycles. The minimum absolute atomic E-state index is 0.102. The van der Waals surface area contributed by atoms with Gasteiger partial charge in [-0.2, -0.15) is 0 Å². The molecule has 1 saturated carbocycles. The van der Waals surface area contributed by atoms with Crippen LogP contribution in [0.3, 0.4) is 0 Å². The van der Waals surface area contributed by atoms with E-state index in [1.807, 2.05) is 0 Å². The highest BCUT2D eigenvalue weighted by atomic mass is 32.1. The van der Waals surface area contributed by atoms with E-state index in [1.165, 1.54) is 42.7 Å². The maximum absolute atomic E-state index is 11.2. The minimum atomic E-state index is 0.102. The summed E-state index contributed by atoms with van der Waals surface area (Å²) in [7, 11) is 0. The Morgan fingerprint density at radius 2 is 2.00 bits per heavy atom. The average molecular weight is 223 g/mol. The van der Waals surface area contributed by atoms with Crippen LogP contribution >= 0.6 is 11.3 Å². The fraction of sp³-hybridized carbons (Fsp3) is 0.667. The Kier molecular flexibility index (Phi) is 3.19. The van der Waals surface area contributed by atoms with Crippen LogP contribution in [0.15, 0.2) is 0 Å². The summed E-state index contributed by atoms with van der Waals surface area (Å²) >= 11 is 1.56. The van der Waals surface area contributed by atoms with E-state index in [9.17, 15) is 4.79 Å². The Hall–Kier alpha value is -0.700. The van der Waals surface area contributed by atoms with Gasteiger partial charge in [-0.3, -0.25) is 4.79 Å². The molecule has 0 aromatic carbocycles. The lowest BCUT2D eigenvalue weighted by molar-refractivity contribution is 0.101. The van der Waals surface area contributed by atoms with Gasteiger partial charge in [0.15, 0.2) is 10.8 Å². The van der Waals surface area contributed by atoms with Crippen LogP contribution in [0, 0.1) is 6.92 Å². The summed E-state index contributed by atoms with van der Waals surface area (Å²) in [6, 6.07) is 0. The van der Waals surface area contributed by atoms with Crippen molar-refractivity contribution in [3.8, 4) is 0 Å². The lowest BCUT2D eigenvalue weighted by Gasteiger charge is -2.20. The Morgan fingerprint density at radius 3 is 2.53 bits per heavy atom. The molecule has 2 nitrogen and oxygen atoms in total. The van der Waals surface area contributed by atoms with Crippen LogP contribution < -0.4 is 0 Å². The van der Waals surface area contributed by atoms with Gasteiger partial charge < -0.3 is 0 Å². The van der Waals surface area contributed by atoms with E-state index in [4.69, 9.17) is 0 Å². The van der Waals surface area contributed by atoms with Gasteiger partial charge in [0, 0.05) is 17.7 Å². The lowest BCUT2D eigenvalue weighted by Crippen LogP contribution is -2.06. The maximum Gasteiger partial charge on any atom is 0.188 e. The molecule has 1 heterocycles. The zero-order valence-corrected chi connectivity index (χ0v) is 10.2. The number of carbonyl (C=O) groups is 1. The maximum atomic E-state index is 11.2. The molecule has 3 heteroatoms. The summed E-state index contributed by atoms with van der Waals surface area (Å²) in [5.41, 5.74) is 1.20. The van der Waals surface area contributed by atoms with Crippen LogP contribution in [0.2, 0.25) is 0 Å². The molecule has 0 spiro atoms. The normalized spacial score (nSPS) is 18.0. The Bertz CT molecular complexity index is 364. The summed E-state index contributed by atoms with van der Waals surface area (Å²) < 4.78 is 0. The van der Waals surface area contributed by atoms with Gasteiger partial charge in [0.05, 0.1) is 5.69 Å². The van der Waals surface area contributed by atoms with Crippen LogP contribution in [-0.2, 0) is 0 Å². The molecule has 0 unspecified atom stereocenters. The van der Waals surface area contributed by atoms with Gasteiger partial charge in [-0.15, -0.1) is 11.3 Å². The van der Waals surface area contributed by atoms with Crippen molar-refractivity contribution in [1.29, 1.82) is 0 Å². The Labute approximate surface area is 94.7 Å². The highest BCUT2D eigenvalue weighted by Crippen LogP contribution is 2.35. The molecule has 1 fully saturated rings. The van der Waals surface area contributed by atoms with E-state index in [0.717, 1.165) is 0 Å². The van der Waals surface area contributed by atoms with E-state index in [-0.39, 0.29) is 5.78 Å². The second-order valence-electron chi connectivity index (χ2n) is 4.35. The van der Waals surface area contributed by atoms with E-state index >= 15 is 0 Å². The van der Waals surface area contributed by atoms with Crippen molar-refractivity contribution in [1.82, 2.24) is 4.98 Å². The molecule has 1 aromatic rings. The number of aromatic nitrogens is 1. The van der Waals surface area contributed by atoms with Crippen molar-refractivity contribution in [3.63, 3.8) is 0 Å². The minimum Gasteiger partial charge on any atom is -0.292 e. The lowest BCUT2D eigenvalue weighted by atomic mass is 9.86. The van der Waals surface area contributed by atoms with Crippen LogP contribution in [0.1, 0.15) is 65.3 Å². The fourth-order valence-electron chi connectivity index (χ4n) is 2.31. The predicted octanol–water partition coefficient (Wildman–Crippen LogP) is 3.70. The standard InChI is InChI=1S/C12H17NOS/c1-8(14)12-13-11(9(2)15-12)10-6-4-3-5-7-10/h10H,3-7H2,1-2H3. The first-order valence-corrected chi connectivity index (χ1v) is 6.48. The number of Topliss-reactive ketones (excluding diaryl/α,β-unsaturated/α-hetero) is 1. The van der Waals surface area contributed by atoms with Gasteiger partial charge >= 0.3 is 0 Å². The number of hydrogen-bond donors (Lipinski definition) is 0. The second-order valence-corrected chi connectivity index (χ2v) is 5.55. The largest absolute Gasteiger partial charge is 0.292 e. The highest BCUT2D eigenvalue weighted by Gasteiger charge is 2.21. The Morgan fingerprint density at radius 1 is 1.33 bits per heavy atom. The van der Waals surface area contributed by atoms with Crippen LogP contribution in [0.25, 0.3) is 0 Å². The first-order valence-electron chi connectivity index (χ1n) is 5.66. The van der Waals surface area contributed by atoms with Crippen LogP contribution in [0.4, 0.5) is 0 Å². The van der Waals surface area contributed by atoms with Crippen molar-refractivity contribution >= 4 is 17.1 Å². The summed E-state index contributed by atoms with van der Waals surface area (Å²) in [6.45, 7) is 3.69. The third-order valence-corrected chi connectivity index (χ3v) is 4.21. The van der Waals surface area contributed by atoms with Gasteiger partial charge in [0.25, 0.3) is 0 Å². The number of nitrogens with zero attached hydrogens (tertiary/aromatic N) is 1. The van der Waals surface area contributed by atoms with Crippen molar-refractivity contribution in [2.45, 2.75) is 51.9 Å². The average Bonchev–Trinajstić information content (AvgIpc) is 2.62. The first-order chi connectivity index (χ1) is 7.18. The topological polar surface area (TPSA) is 30.0 Å². The number of aryl methyl sites for hydroxylation is 1. The van der Waals surface area contributed by atoms with Gasteiger partial charge in [0.2, 0.25) is 0 Å². The molecule has 0 atom stereocenters. The SMILES string of the molecule is CC(=O)c1nc(C2CCCCC2)c(C)s1. The number of carbonyl (C=O) groups excluding carboxylic acids is 1. The van der Waals surface area contributed by atoms with E-state index in [2.05, 4.69) is 11.9 Å². The summed E-state index contributed by atoms with van der Waals surface area (Å²) in [4.78, 5) is 17.0. The smallest absolute Gasteiger partial charge is 0.188 e. The van der Waals surface area contributed by atoms with Gasteiger partial charge in [-0.25, -0.2) is 4.98 Å². The Balaban J connectivity index is 2.22. The molecule has 0 N–H and O–H groups in total. The zero-order chi connectivity index (χ0) is 10.8. The number of ketones is 1. The predicted molar refractivity (Wildman–Crippen MR) is 62.7 cm³/mol. The highest BCUT2D eigenvalue weighted by molar-refractivity contribution is 7.13. The molecule has 1 aliphatic carbocycles. The summed E-state index contributed by atoms with van der Waals surface area (Å²) in [5, 5.41) is 0.688. The molecule has 82 valence electrons. The molecule has 15 heavy (non-hydrogen) atoms. The third-order valence-electron chi connectivity index (χ3n) is 3.13. The molecule has 0 amide bonds. The molecule has 1 aliphatic rings. The fourth-order valence-corrected chi connectivity index (χ4v) is 3.21. The summed E-state index contributed by atoms with van der Waals surface area (Å²) in [5.74, 6) is 0.716. The number of rotatable bonds is 2. The molecule has 2 rings (SSSR count). The van der Waals surface area contributed by atoms with E-state index < -0.39 is 0 Å². The van der Waals surface area contributed by atoms with Crippen LogP contribution in [-0.4, -0.2) is 10.8 Å². The quantitative estimate of drug-likeness (QED) is 0.715. The molecule has 0 bridgehead atoms. The zero-order valence-electron chi connectivity index (χ0n) is 9.38. The number of hydrogen-bond acceptors (Lipinski definition) is 3. The molecular weight excluding hydrogens is 206 g/mol. The molecule has 0 radical (unpaired) electrons. The monoisotopic (exact) mass is 223 g/mol. The molecular formula is C12H17NOS. The molecule has 0 aliphatic heterocycles. The van der Waals surface area contributed by atoms with Crippen LogP contribution in [0.5, 0.6) is 0 Å². The second kappa shape index (κ2) is 4.44. The molecule has 0 saturated heterocycles. The van der Waals surface area contributed by atoms with E-state index in [0.29, 0.717) is 10.9 Å². The first kappa shape index (κ1) is 10.8. The van der Waals surface area contributed by atoms with Gasteiger partial charge in [-0.1, -0.05) is 19.3 Å².